The van der Waals surface area contributed by atoms with Crippen LogP contribution in [0.5, 0.6) is 0 Å². The Hall–Kier alpha value is -1.34. The highest BCUT2D eigenvalue weighted by Gasteiger charge is 2.49. The average molecular weight is 409 g/mol. The molecule has 7 heteroatoms. The van der Waals surface area contributed by atoms with Gasteiger partial charge in [0.05, 0.1) is 17.5 Å². The molecule has 1 aromatic rings. The number of carbonyl (C=O) groups excluding carboxylic acids is 1. The Morgan fingerprint density at radius 2 is 1.89 bits per heavy atom. The van der Waals surface area contributed by atoms with Gasteiger partial charge in [0.2, 0.25) is 0 Å². The van der Waals surface area contributed by atoms with Crippen LogP contribution in [0, 0.1) is 5.92 Å². The third kappa shape index (κ3) is 4.09. The van der Waals surface area contributed by atoms with E-state index >= 15 is 0 Å². The quantitative estimate of drug-likeness (QED) is 0.740. The minimum absolute atomic E-state index is 0.0662. The van der Waals surface area contributed by atoms with Crippen LogP contribution in [0.15, 0.2) is 29.3 Å². The number of aliphatic imine (C=N–C) groups is 1. The van der Waals surface area contributed by atoms with Gasteiger partial charge in [-0.1, -0.05) is 57.7 Å². The summed E-state index contributed by atoms with van der Waals surface area (Å²) >= 11 is 1.45. The smallest absolute Gasteiger partial charge is 0.251 e. The highest BCUT2D eigenvalue weighted by atomic mass is 32.2. The maximum Gasteiger partial charge on any atom is 0.251 e. The van der Waals surface area contributed by atoms with Gasteiger partial charge in [0, 0.05) is 16.9 Å². The summed E-state index contributed by atoms with van der Waals surface area (Å²) in [7, 11) is -3.06. The molecular weight excluding hydrogens is 380 g/mol. The normalized spacial score (nSPS) is 25.6. The van der Waals surface area contributed by atoms with Gasteiger partial charge in [0.25, 0.3) is 5.91 Å². The first-order chi connectivity index (χ1) is 12.8. The Bertz CT molecular complexity index is 845. The van der Waals surface area contributed by atoms with Gasteiger partial charge < -0.3 is 4.90 Å². The summed E-state index contributed by atoms with van der Waals surface area (Å²) in [5, 5.41) is 0.591. The number of thioether (sulfide) groups is 1. The van der Waals surface area contributed by atoms with E-state index in [-0.39, 0.29) is 34.6 Å². The van der Waals surface area contributed by atoms with Crippen LogP contribution in [0.2, 0.25) is 0 Å². The number of amidine groups is 1. The van der Waals surface area contributed by atoms with Gasteiger partial charge in [-0.3, -0.25) is 4.79 Å². The molecule has 2 saturated heterocycles. The third-order valence-corrected chi connectivity index (χ3v) is 8.64. The molecule has 0 spiro atoms. The molecule has 0 bridgehead atoms. The second-order valence-electron chi connectivity index (χ2n) is 7.63. The van der Waals surface area contributed by atoms with E-state index < -0.39 is 9.84 Å². The average Bonchev–Trinajstić information content (AvgIpc) is 3.06. The molecule has 1 aromatic carbocycles. The lowest BCUT2D eigenvalue weighted by molar-refractivity contribution is -0.121. The zero-order valence-electron chi connectivity index (χ0n) is 16.4. The van der Waals surface area contributed by atoms with E-state index in [1.54, 1.807) is 0 Å². The van der Waals surface area contributed by atoms with Crippen LogP contribution in [0.4, 0.5) is 5.69 Å². The molecule has 27 heavy (non-hydrogen) atoms. The van der Waals surface area contributed by atoms with Crippen molar-refractivity contribution in [1.82, 2.24) is 0 Å². The van der Waals surface area contributed by atoms with Gasteiger partial charge >= 0.3 is 0 Å². The second kappa shape index (κ2) is 7.95. The van der Waals surface area contributed by atoms with E-state index in [0.717, 1.165) is 24.1 Å². The molecule has 0 saturated carbocycles. The summed E-state index contributed by atoms with van der Waals surface area (Å²) < 4.78 is 24.4. The summed E-state index contributed by atoms with van der Waals surface area (Å²) in [6.45, 7) is 8.25. The standard InChI is InChI=1S/C20H28N2O3S2/c1-5-14(6-2)19(23)21-20-22(16-10-8-7-9-15(16)13(3)4)17-11-27(24,25)12-18(17)26-20/h7-10,13-14,17-18H,5-6,11-12H2,1-4H3/t17-,18+/m1/s1. The van der Waals surface area contributed by atoms with Gasteiger partial charge in [-0.2, -0.15) is 4.99 Å². The Morgan fingerprint density at radius 1 is 1.22 bits per heavy atom. The van der Waals surface area contributed by atoms with Crippen LogP contribution >= 0.6 is 11.8 Å². The van der Waals surface area contributed by atoms with E-state index in [1.807, 2.05) is 36.9 Å². The summed E-state index contributed by atoms with van der Waals surface area (Å²) in [6.07, 6.45) is 1.53. The first kappa shape index (κ1) is 20.4. The predicted molar refractivity (Wildman–Crippen MR) is 113 cm³/mol. The summed E-state index contributed by atoms with van der Waals surface area (Å²) in [4.78, 5) is 19.2. The molecule has 0 N–H and O–H groups in total. The second-order valence-corrected chi connectivity index (χ2v) is 11.0. The fourth-order valence-corrected chi connectivity index (χ4v) is 7.78. The predicted octanol–water partition coefficient (Wildman–Crippen LogP) is 3.85. The molecular formula is C20H28N2O3S2. The fourth-order valence-electron chi connectivity index (χ4n) is 3.86. The minimum Gasteiger partial charge on any atom is -0.315 e. The zero-order chi connectivity index (χ0) is 19.8. The van der Waals surface area contributed by atoms with Crippen LogP contribution < -0.4 is 4.90 Å². The van der Waals surface area contributed by atoms with E-state index in [0.29, 0.717) is 11.1 Å². The van der Waals surface area contributed by atoms with Crippen LogP contribution in [-0.4, -0.2) is 42.3 Å². The van der Waals surface area contributed by atoms with Crippen molar-refractivity contribution in [3.05, 3.63) is 29.8 Å². The van der Waals surface area contributed by atoms with Crippen molar-refractivity contribution in [2.75, 3.05) is 16.4 Å². The highest BCUT2D eigenvalue weighted by molar-refractivity contribution is 8.16. The van der Waals surface area contributed by atoms with Crippen molar-refractivity contribution in [3.63, 3.8) is 0 Å². The Labute approximate surface area is 166 Å². The van der Waals surface area contributed by atoms with Crippen molar-refractivity contribution in [2.24, 2.45) is 10.9 Å². The number of rotatable bonds is 5. The first-order valence-electron chi connectivity index (χ1n) is 9.65. The number of anilines is 1. The number of amides is 1. The molecule has 2 atom stereocenters. The number of benzene rings is 1. The molecule has 0 aromatic heterocycles. The fraction of sp³-hybridized carbons (Fsp3) is 0.600. The molecule has 5 nitrogen and oxygen atoms in total. The number of para-hydroxylation sites is 1. The number of nitrogens with zero attached hydrogens (tertiary/aromatic N) is 2. The zero-order valence-corrected chi connectivity index (χ0v) is 18.0. The minimum atomic E-state index is -3.06. The lowest BCUT2D eigenvalue weighted by Crippen LogP contribution is -2.38. The molecule has 2 fully saturated rings. The van der Waals surface area contributed by atoms with E-state index in [2.05, 4.69) is 24.9 Å². The number of carbonyl (C=O) groups is 1. The van der Waals surface area contributed by atoms with Gasteiger partial charge in [0.15, 0.2) is 15.0 Å². The molecule has 2 aliphatic heterocycles. The molecule has 3 rings (SSSR count). The maximum absolute atomic E-state index is 12.7. The van der Waals surface area contributed by atoms with Crippen molar-refractivity contribution in [2.45, 2.75) is 57.7 Å². The molecule has 148 valence electrons. The molecule has 1 amide bonds. The first-order valence-corrected chi connectivity index (χ1v) is 12.3. The lowest BCUT2D eigenvalue weighted by Gasteiger charge is -2.28. The third-order valence-electron chi connectivity index (χ3n) is 5.43. The Morgan fingerprint density at radius 3 is 2.52 bits per heavy atom. The van der Waals surface area contributed by atoms with Gasteiger partial charge in [0.1, 0.15) is 0 Å². The van der Waals surface area contributed by atoms with Crippen LogP contribution in [0.1, 0.15) is 52.0 Å². The van der Waals surface area contributed by atoms with E-state index in [9.17, 15) is 13.2 Å². The molecule has 2 aliphatic rings. The maximum atomic E-state index is 12.7. The van der Waals surface area contributed by atoms with Crippen molar-refractivity contribution in [3.8, 4) is 0 Å². The molecule has 0 aliphatic carbocycles. The van der Waals surface area contributed by atoms with Crippen LogP contribution in [0.3, 0.4) is 0 Å². The monoisotopic (exact) mass is 408 g/mol. The Kier molecular flexibility index (Phi) is 6.01. The lowest BCUT2D eigenvalue weighted by atomic mass is 9.99. The number of fused-ring (bicyclic) bond motifs is 1. The number of hydrogen-bond donors (Lipinski definition) is 0. The topological polar surface area (TPSA) is 66.8 Å². The molecule has 0 radical (unpaired) electrons. The molecule has 2 heterocycles. The molecule has 0 unspecified atom stereocenters. The van der Waals surface area contributed by atoms with Gasteiger partial charge in [-0.15, -0.1) is 0 Å². The SMILES string of the molecule is CCC(CC)C(=O)N=C1S[C@H]2CS(=O)(=O)C[C@H]2N1c1ccccc1C(C)C. The van der Waals surface area contributed by atoms with E-state index in [4.69, 9.17) is 0 Å². The van der Waals surface area contributed by atoms with Crippen LogP contribution in [0.25, 0.3) is 0 Å². The van der Waals surface area contributed by atoms with Gasteiger partial charge in [-0.05, 0) is 30.4 Å². The summed E-state index contributed by atoms with van der Waals surface area (Å²) in [6, 6.07) is 7.88. The summed E-state index contributed by atoms with van der Waals surface area (Å²) in [5.41, 5.74) is 2.12. The van der Waals surface area contributed by atoms with Crippen molar-refractivity contribution < 1.29 is 13.2 Å². The number of hydrogen-bond acceptors (Lipinski definition) is 4. The van der Waals surface area contributed by atoms with Crippen molar-refractivity contribution >= 4 is 38.4 Å². The van der Waals surface area contributed by atoms with Gasteiger partial charge in [-0.25, -0.2) is 8.42 Å². The van der Waals surface area contributed by atoms with E-state index in [1.165, 1.54) is 11.8 Å². The van der Waals surface area contributed by atoms with Crippen LogP contribution in [-0.2, 0) is 14.6 Å². The summed E-state index contributed by atoms with van der Waals surface area (Å²) in [5.74, 6) is 0.386. The number of sulfone groups is 1. The van der Waals surface area contributed by atoms with Crippen molar-refractivity contribution in [1.29, 1.82) is 0 Å². The largest absolute Gasteiger partial charge is 0.315 e. The highest BCUT2D eigenvalue weighted by Crippen LogP contribution is 2.43. The Balaban J connectivity index is 2.06.